The van der Waals surface area contributed by atoms with Crippen LogP contribution in [0, 0.1) is 0 Å². The van der Waals surface area contributed by atoms with Crippen LogP contribution in [0.5, 0.6) is 17.2 Å². The molecule has 162 valence electrons. The number of benzene rings is 3. The molecule has 4 aromatic rings. The van der Waals surface area contributed by atoms with Crippen molar-refractivity contribution in [3.63, 3.8) is 0 Å². The number of methoxy groups -OCH3 is 2. The van der Waals surface area contributed by atoms with Crippen LogP contribution < -0.4 is 19.6 Å². The molecule has 0 atom stereocenters. The highest BCUT2D eigenvalue weighted by molar-refractivity contribution is 5.93. The van der Waals surface area contributed by atoms with Crippen LogP contribution in [-0.2, 0) is 6.61 Å². The third-order valence-corrected chi connectivity index (χ3v) is 5.07. The maximum absolute atomic E-state index is 12.8. The molecule has 0 saturated carbocycles. The lowest BCUT2D eigenvalue weighted by atomic mass is 10.1. The van der Waals surface area contributed by atoms with E-state index in [1.54, 1.807) is 41.0 Å². The summed E-state index contributed by atoms with van der Waals surface area (Å²) in [5.41, 5.74) is 1.18. The van der Waals surface area contributed by atoms with Gasteiger partial charge in [-0.1, -0.05) is 30.3 Å². The number of fused-ring (bicyclic) bond motifs is 1. The highest BCUT2D eigenvalue weighted by Gasteiger charge is 2.17. The van der Waals surface area contributed by atoms with E-state index in [1.807, 2.05) is 30.3 Å². The van der Waals surface area contributed by atoms with E-state index >= 15 is 0 Å². The van der Waals surface area contributed by atoms with Gasteiger partial charge in [0.05, 0.1) is 25.4 Å². The first-order valence-electron chi connectivity index (χ1n) is 9.83. The first kappa shape index (κ1) is 21.0. The average Bonchev–Trinajstić information content (AvgIpc) is 2.83. The molecular formula is C25H21NO6. The number of carbonyl (C=O) groups is 1. The van der Waals surface area contributed by atoms with Crippen molar-refractivity contribution in [2.24, 2.45) is 0 Å². The number of carboxylic acids is 1. The van der Waals surface area contributed by atoms with Crippen molar-refractivity contribution in [3.05, 3.63) is 94.3 Å². The Bertz CT molecular complexity index is 1320. The molecule has 0 amide bonds. The summed E-state index contributed by atoms with van der Waals surface area (Å²) in [5.74, 6) is 0.302. The quantitative estimate of drug-likeness (QED) is 0.470. The normalized spacial score (nSPS) is 10.7. The molecule has 1 aromatic heterocycles. The number of aromatic carboxylic acids is 1. The molecular weight excluding hydrogens is 410 g/mol. The number of nitrogens with zero attached hydrogens (tertiary/aromatic N) is 1. The van der Waals surface area contributed by atoms with Gasteiger partial charge in [-0.2, -0.15) is 0 Å². The van der Waals surface area contributed by atoms with Crippen molar-refractivity contribution in [3.8, 4) is 22.9 Å². The fourth-order valence-corrected chi connectivity index (χ4v) is 3.43. The number of ether oxygens (including phenoxy) is 3. The van der Waals surface area contributed by atoms with Crippen LogP contribution in [0.3, 0.4) is 0 Å². The lowest BCUT2D eigenvalue weighted by Gasteiger charge is -2.16. The first-order chi connectivity index (χ1) is 15.5. The number of hydrogen-bond acceptors (Lipinski definition) is 5. The molecule has 0 aliphatic rings. The van der Waals surface area contributed by atoms with Gasteiger partial charge < -0.3 is 23.9 Å². The van der Waals surface area contributed by atoms with E-state index in [-0.39, 0.29) is 10.9 Å². The Balaban J connectivity index is 1.88. The summed E-state index contributed by atoms with van der Waals surface area (Å²) >= 11 is 0. The minimum absolute atomic E-state index is 0.263. The van der Waals surface area contributed by atoms with Crippen molar-refractivity contribution >= 4 is 16.9 Å². The van der Waals surface area contributed by atoms with Gasteiger partial charge in [0.15, 0.2) is 0 Å². The van der Waals surface area contributed by atoms with E-state index in [4.69, 9.17) is 14.2 Å². The zero-order valence-electron chi connectivity index (χ0n) is 17.6. The molecule has 0 fully saturated rings. The predicted octanol–water partition coefficient (Wildman–Crippen LogP) is 4.29. The van der Waals surface area contributed by atoms with Gasteiger partial charge in [-0.3, -0.25) is 4.79 Å². The topological polar surface area (TPSA) is 87.0 Å². The van der Waals surface area contributed by atoms with Gasteiger partial charge in [-0.25, -0.2) is 4.79 Å². The van der Waals surface area contributed by atoms with Gasteiger partial charge in [0, 0.05) is 35.8 Å². The summed E-state index contributed by atoms with van der Waals surface area (Å²) in [6.45, 7) is 0.358. The van der Waals surface area contributed by atoms with E-state index in [0.29, 0.717) is 35.1 Å². The molecule has 7 nitrogen and oxygen atoms in total. The zero-order valence-corrected chi connectivity index (χ0v) is 17.6. The molecule has 0 aliphatic heterocycles. The molecule has 0 aliphatic carbocycles. The molecule has 0 spiro atoms. The molecule has 0 radical (unpaired) electrons. The maximum Gasteiger partial charge on any atom is 0.341 e. The van der Waals surface area contributed by atoms with E-state index in [1.165, 1.54) is 20.4 Å². The Morgan fingerprint density at radius 3 is 2.22 bits per heavy atom. The minimum Gasteiger partial charge on any atom is -0.497 e. The van der Waals surface area contributed by atoms with E-state index in [9.17, 15) is 14.7 Å². The van der Waals surface area contributed by atoms with E-state index < -0.39 is 11.4 Å². The number of carboxylic acid groups (broad SMARTS) is 1. The second-order valence-electron chi connectivity index (χ2n) is 7.07. The van der Waals surface area contributed by atoms with Gasteiger partial charge in [-0.15, -0.1) is 0 Å². The SMILES string of the molecule is COc1cc(OC)cc(-n2cc(C(=O)O)c(=O)c3ccc(OCc4ccccc4)cc32)c1. The Hall–Kier alpha value is -4.26. The lowest BCUT2D eigenvalue weighted by Crippen LogP contribution is -2.18. The third kappa shape index (κ3) is 4.13. The third-order valence-electron chi connectivity index (χ3n) is 5.07. The van der Waals surface area contributed by atoms with Crippen LogP contribution in [-0.4, -0.2) is 29.9 Å². The number of aromatic nitrogens is 1. The summed E-state index contributed by atoms with van der Waals surface area (Å²) in [4.78, 5) is 24.5. The lowest BCUT2D eigenvalue weighted by molar-refractivity contribution is 0.0695. The van der Waals surface area contributed by atoms with Crippen molar-refractivity contribution in [1.29, 1.82) is 0 Å². The molecule has 1 heterocycles. The molecule has 32 heavy (non-hydrogen) atoms. The molecule has 0 bridgehead atoms. The predicted molar refractivity (Wildman–Crippen MR) is 120 cm³/mol. The standard InChI is InChI=1S/C25H21NO6/c1-30-19-10-17(11-20(12-19)31-2)26-14-22(25(28)29)24(27)21-9-8-18(13-23(21)26)32-15-16-6-4-3-5-7-16/h3-14H,15H2,1-2H3,(H,28,29). The van der Waals surface area contributed by atoms with Gasteiger partial charge in [-0.05, 0) is 17.7 Å². The monoisotopic (exact) mass is 431 g/mol. The molecule has 0 unspecified atom stereocenters. The second-order valence-corrected chi connectivity index (χ2v) is 7.07. The maximum atomic E-state index is 12.8. The Kier molecular flexibility index (Phi) is 5.81. The Morgan fingerprint density at radius 1 is 0.906 bits per heavy atom. The molecule has 3 aromatic carbocycles. The highest BCUT2D eigenvalue weighted by Crippen LogP contribution is 2.29. The number of hydrogen-bond donors (Lipinski definition) is 1. The number of pyridine rings is 1. The van der Waals surface area contributed by atoms with E-state index in [0.717, 1.165) is 5.56 Å². The summed E-state index contributed by atoms with van der Waals surface area (Å²) in [7, 11) is 3.06. The van der Waals surface area contributed by atoms with Crippen molar-refractivity contribution in [1.82, 2.24) is 4.57 Å². The fraction of sp³-hybridized carbons (Fsp3) is 0.120. The summed E-state index contributed by atoms with van der Waals surface area (Å²) in [6.07, 6.45) is 1.31. The van der Waals surface area contributed by atoms with Gasteiger partial charge >= 0.3 is 5.97 Å². The van der Waals surface area contributed by atoms with Gasteiger partial charge in [0.1, 0.15) is 29.4 Å². The number of rotatable bonds is 7. The second kappa shape index (κ2) is 8.85. The van der Waals surface area contributed by atoms with Crippen LogP contribution in [0.15, 0.2) is 77.7 Å². The molecule has 4 rings (SSSR count). The van der Waals surface area contributed by atoms with Crippen molar-refractivity contribution in [2.45, 2.75) is 6.61 Å². The van der Waals surface area contributed by atoms with Crippen LogP contribution in [0.25, 0.3) is 16.6 Å². The van der Waals surface area contributed by atoms with Gasteiger partial charge in [0.25, 0.3) is 0 Å². The van der Waals surface area contributed by atoms with Gasteiger partial charge in [0.2, 0.25) is 5.43 Å². The summed E-state index contributed by atoms with van der Waals surface area (Å²) < 4.78 is 18.2. The summed E-state index contributed by atoms with van der Waals surface area (Å²) in [6, 6.07) is 19.8. The average molecular weight is 431 g/mol. The first-order valence-corrected chi connectivity index (χ1v) is 9.83. The zero-order chi connectivity index (χ0) is 22.7. The summed E-state index contributed by atoms with van der Waals surface area (Å²) in [5, 5.41) is 9.84. The van der Waals surface area contributed by atoms with Crippen molar-refractivity contribution in [2.75, 3.05) is 14.2 Å². The minimum atomic E-state index is -1.30. The largest absolute Gasteiger partial charge is 0.497 e. The molecule has 1 N–H and O–H groups in total. The highest BCUT2D eigenvalue weighted by atomic mass is 16.5. The smallest absolute Gasteiger partial charge is 0.341 e. The molecule has 0 saturated heterocycles. The van der Waals surface area contributed by atoms with Crippen LogP contribution >= 0.6 is 0 Å². The fourth-order valence-electron chi connectivity index (χ4n) is 3.43. The van der Waals surface area contributed by atoms with E-state index in [2.05, 4.69) is 0 Å². The van der Waals surface area contributed by atoms with Crippen molar-refractivity contribution < 1.29 is 24.1 Å². The van der Waals surface area contributed by atoms with Crippen LogP contribution in [0.1, 0.15) is 15.9 Å². The molecule has 7 heteroatoms. The van der Waals surface area contributed by atoms with Crippen LogP contribution in [0.4, 0.5) is 0 Å². The van der Waals surface area contributed by atoms with Crippen LogP contribution in [0.2, 0.25) is 0 Å². The Morgan fingerprint density at radius 2 is 1.59 bits per heavy atom. The Labute approximate surface area is 184 Å².